The largest absolute Gasteiger partial charge is 0.441 e. The molecule has 0 radical (unpaired) electrons. The van der Waals surface area contributed by atoms with Crippen molar-refractivity contribution in [1.29, 1.82) is 0 Å². The van der Waals surface area contributed by atoms with Gasteiger partial charge in [-0.25, -0.2) is 4.79 Å². The van der Waals surface area contributed by atoms with Gasteiger partial charge in [0, 0.05) is 13.1 Å². The fraction of sp³-hybridized carbons (Fsp3) is 0.909. The number of likely N-dealkylation sites (tertiary alicyclic amines) is 1. The lowest BCUT2D eigenvalue weighted by atomic mass is 10.0. The van der Waals surface area contributed by atoms with Gasteiger partial charge in [0.15, 0.2) is 0 Å². The van der Waals surface area contributed by atoms with Crippen LogP contribution in [-0.4, -0.2) is 40.9 Å². The topological polar surface area (TPSA) is 49.8 Å². The van der Waals surface area contributed by atoms with Crippen LogP contribution in [0.25, 0.3) is 0 Å². The van der Waals surface area contributed by atoms with Crippen molar-refractivity contribution in [3.8, 4) is 0 Å². The summed E-state index contributed by atoms with van der Waals surface area (Å²) in [4.78, 5) is 13.4. The molecule has 1 heterocycles. The van der Waals surface area contributed by atoms with E-state index in [1.54, 1.807) is 25.7 Å². The van der Waals surface area contributed by atoms with Gasteiger partial charge < -0.3 is 14.7 Å². The maximum atomic E-state index is 11.7. The van der Waals surface area contributed by atoms with Crippen molar-refractivity contribution in [2.24, 2.45) is 0 Å². The molecule has 1 saturated heterocycles. The molecule has 1 unspecified atom stereocenters. The summed E-state index contributed by atoms with van der Waals surface area (Å²) in [5, 5.41) is 9.43. The van der Waals surface area contributed by atoms with E-state index in [0.29, 0.717) is 0 Å². The average molecular weight is 215 g/mol. The number of rotatable bonds is 2. The smallest absolute Gasteiger partial charge is 0.410 e. The van der Waals surface area contributed by atoms with Crippen molar-refractivity contribution in [3.63, 3.8) is 0 Å². The van der Waals surface area contributed by atoms with E-state index in [9.17, 15) is 9.90 Å². The van der Waals surface area contributed by atoms with Gasteiger partial charge >= 0.3 is 6.09 Å². The molecule has 0 bridgehead atoms. The number of aliphatic hydroxyl groups is 1. The number of ether oxygens (including phenoxy) is 1. The molecule has 0 spiro atoms. The van der Waals surface area contributed by atoms with Gasteiger partial charge in [-0.05, 0) is 40.0 Å². The maximum Gasteiger partial charge on any atom is 0.410 e. The zero-order valence-corrected chi connectivity index (χ0v) is 9.82. The summed E-state index contributed by atoms with van der Waals surface area (Å²) in [7, 11) is 0. The number of hydrogen-bond donors (Lipinski definition) is 1. The standard InChI is InChI=1S/C11H21NO3/c1-9(13)11(2,3)15-10(14)12-7-5-4-6-8-12/h9,13H,4-8H2,1-3H3. The van der Waals surface area contributed by atoms with Gasteiger partial charge in [-0.3, -0.25) is 0 Å². The molecule has 0 aromatic carbocycles. The van der Waals surface area contributed by atoms with Crippen LogP contribution in [0.15, 0.2) is 0 Å². The lowest BCUT2D eigenvalue weighted by molar-refractivity contribution is -0.0619. The SMILES string of the molecule is CC(O)C(C)(C)OC(=O)N1CCCCC1. The van der Waals surface area contributed by atoms with Crippen LogP contribution >= 0.6 is 0 Å². The number of piperidine rings is 1. The molecule has 0 aromatic heterocycles. The summed E-state index contributed by atoms with van der Waals surface area (Å²) in [6, 6.07) is 0. The summed E-state index contributed by atoms with van der Waals surface area (Å²) >= 11 is 0. The molecule has 15 heavy (non-hydrogen) atoms. The van der Waals surface area contributed by atoms with Crippen LogP contribution in [0.3, 0.4) is 0 Å². The highest BCUT2D eigenvalue weighted by Crippen LogP contribution is 2.18. The second kappa shape index (κ2) is 4.84. The first kappa shape index (κ1) is 12.3. The molecule has 4 heteroatoms. The third-order valence-corrected chi connectivity index (χ3v) is 2.97. The predicted molar refractivity (Wildman–Crippen MR) is 57.7 cm³/mol. The van der Waals surface area contributed by atoms with Crippen LogP contribution in [0.5, 0.6) is 0 Å². The first-order valence-electron chi connectivity index (χ1n) is 5.59. The predicted octanol–water partition coefficient (Wildman–Crippen LogP) is 1.77. The third-order valence-electron chi connectivity index (χ3n) is 2.97. The number of hydrogen-bond acceptors (Lipinski definition) is 3. The molecule has 1 fully saturated rings. The molecule has 4 nitrogen and oxygen atoms in total. The highest BCUT2D eigenvalue weighted by Gasteiger charge is 2.31. The summed E-state index contributed by atoms with van der Waals surface area (Å²) in [5.74, 6) is 0. The summed E-state index contributed by atoms with van der Waals surface area (Å²) in [6.45, 7) is 6.62. The van der Waals surface area contributed by atoms with E-state index < -0.39 is 11.7 Å². The van der Waals surface area contributed by atoms with Crippen LogP contribution in [0, 0.1) is 0 Å². The van der Waals surface area contributed by atoms with E-state index in [1.807, 2.05) is 0 Å². The van der Waals surface area contributed by atoms with E-state index in [-0.39, 0.29) is 6.09 Å². The Morgan fingerprint density at radius 3 is 2.33 bits per heavy atom. The Hall–Kier alpha value is -0.770. The molecule has 1 aliphatic heterocycles. The molecule has 1 amide bonds. The van der Waals surface area contributed by atoms with Crippen molar-refractivity contribution in [2.75, 3.05) is 13.1 Å². The average Bonchev–Trinajstić information content (AvgIpc) is 2.18. The molecule has 1 aliphatic rings. The Morgan fingerprint density at radius 1 is 1.33 bits per heavy atom. The second-order valence-electron chi connectivity index (χ2n) is 4.70. The monoisotopic (exact) mass is 215 g/mol. The fourth-order valence-electron chi connectivity index (χ4n) is 1.45. The van der Waals surface area contributed by atoms with Crippen molar-refractivity contribution >= 4 is 6.09 Å². The van der Waals surface area contributed by atoms with Gasteiger partial charge in [-0.15, -0.1) is 0 Å². The Bertz CT molecular complexity index is 220. The summed E-state index contributed by atoms with van der Waals surface area (Å²) in [5.41, 5.74) is -0.811. The van der Waals surface area contributed by atoms with Crippen molar-refractivity contribution < 1.29 is 14.6 Å². The Kier molecular flexibility index (Phi) is 3.97. The Balaban J connectivity index is 2.47. The highest BCUT2D eigenvalue weighted by atomic mass is 16.6. The van der Waals surface area contributed by atoms with Gasteiger partial charge in [0.2, 0.25) is 0 Å². The fourth-order valence-corrected chi connectivity index (χ4v) is 1.45. The zero-order chi connectivity index (χ0) is 11.5. The molecular weight excluding hydrogens is 194 g/mol. The normalized spacial score (nSPS) is 19.9. The van der Waals surface area contributed by atoms with Gasteiger partial charge in [0.25, 0.3) is 0 Å². The van der Waals surface area contributed by atoms with Crippen LogP contribution in [-0.2, 0) is 4.74 Å². The lowest BCUT2D eigenvalue weighted by Gasteiger charge is -2.33. The van der Waals surface area contributed by atoms with E-state index in [2.05, 4.69) is 0 Å². The number of carbonyl (C=O) groups is 1. The zero-order valence-electron chi connectivity index (χ0n) is 9.82. The van der Waals surface area contributed by atoms with Crippen LogP contribution < -0.4 is 0 Å². The van der Waals surface area contributed by atoms with Gasteiger partial charge in [0.05, 0.1) is 6.10 Å². The number of aliphatic hydroxyl groups excluding tert-OH is 1. The van der Waals surface area contributed by atoms with Gasteiger partial charge in [0.1, 0.15) is 5.60 Å². The van der Waals surface area contributed by atoms with E-state index >= 15 is 0 Å². The first-order valence-corrected chi connectivity index (χ1v) is 5.59. The Morgan fingerprint density at radius 2 is 1.87 bits per heavy atom. The second-order valence-corrected chi connectivity index (χ2v) is 4.70. The third kappa shape index (κ3) is 3.38. The minimum absolute atomic E-state index is 0.305. The minimum atomic E-state index is -0.811. The molecular formula is C11H21NO3. The van der Waals surface area contributed by atoms with E-state index in [0.717, 1.165) is 25.9 Å². The molecule has 88 valence electrons. The summed E-state index contributed by atoms with van der Waals surface area (Å²) < 4.78 is 5.28. The summed E-state index contributed by atoms with van der Waals surface area (Å²) in [6.07, 6.45) is 2.31. The molecule has 0 saturated carbocycles. The molecule has 1 N–H and O–H groups in total. The van der Waals surface area contributed by atoms with E-state index in [4.69, 9.17) is 4.74 Å². The van der Waals surface area contributed by atoms with Gasteiger partial charge in [-0.2, -0.15) is 0 Å². The van der Waals surface area contributed by atoms with Gasteiger partial charge in [-0.1, -0.05) is 0 Å². The van der Waals surface area contributed by atoms with Crippen LogP contribution in [0.1, 0.15) is 40.0 Å². The number of amides is 1. The first-order chi connectivity index (χ1) is 6.93. The molecule has 1 atom stereocenters. The quantitative estimate of drug-likeness (QED) is 0.763. The van der Waals surface area contributed by atoms with Crippen molar-refractivity contribution in [1.82, 2.24) is 4.90 Å². The molecule has 0 aromatic rings. The Labute approximate surface area is 91.2 Å². The molecule has 1 rings (SSSR count). The number of carbonyl (C=O) groups excluding carboxylic acids is 1. The minimum Gasteiger partial charge on any atom is -0.441 e. The lowest BCUT2D eigenvalue weighted by Crippen LogP contribution is -2.45. The molecule has 0 aliphatic carbocycles. The van der Waals surface area contributed by atoms with Crippen LogP contribution in [0.4, 0.5) is 4.79 Å². The maximum absolute atomic E-state index is 11.7. The highest BCUT2D eigenvalue weighted by molar-refractivity contribution is 5.68. The van der Waals surface area contributed by atoms with Crippen molar-refractivity contribution in [2.45, 2.75) is 51.7 Å². The van der Waals surface area contributed by atoms with E-state index in [1.165, 1.54) is 6.42 Å². The van der Waals surface area contributed by atoms with Crippen molar-refractivity contribution in [3.05, 3.63) is 0 Å². The number of nitrogens with zero attached hydrogens (tertiary/aromatic N) is 1. The van der Waals surface area contributed by atoms with Crippen LogP contribution in [0.2, 0.25) is 0 Å².